The molecule has 0 amide bonds. The summed E-state index contributed by atoms with van der Waals surface area (Å²) in [6.07, 6.45) is 0. The van der Waals surface area contributed by atoms with E-state index in [1.807, 2.05) is 97.1 Å². The summed E-state index contributed by atoms with van der Waals surface area (Å²) in [5, 5.41) is 9.51. The SMILES string of the molecule is [C-]#[N+]c1ccc(-c2nc(-c3ccccc3)nc(-c3ccccc3-c3ccc4c(c3)C3c5ccccc5C4c4cc(-c5ccccc5-c5nc(-c6ccccc6)nc(-c6ccc(C#N)cc6)n5)ccc43)n2)cc1. The molecule has 334 valence electrons. The normalized spacial score (nSPS) is 13.8. The molecule has 0 aliphatic heterocycles. The number of nitrogens with zero attached hydrogens (tertiary/aromatic N) is 8. The van der Waals surface area contributed by atoms with Gasteiger partial charge in [0.25, 0.3) is 0 Å². The van der Waals surface area contributed by atoms with Crippen LogP contribution in [0.5, 0.6) is 0 Å². The van der Waals surface area contributed by atoms with Crippen molar-refractivity contribution in [1.29, 1.82) is 5.26 Å². The molecule has 3 aliphatic carbocycles. The third-order valence-corrected chi connectivity index (χ3v) is 13.9. The second kappa shape index (κ2) is 17.5. The van der Waals surface area contributed by atoms with Gasteiger partial charge in [-0.1, -0.05) is 182 Å². The van der Waals surface area contributed by atoms with Crippen molar-refractivity contribution in [2.45, 2.75) is 11.8 Å². The molecule has 11 aromatic rings. The predicted octanol–water partition coefficient (Wildman–Crippen LogP) is 14.8. The van der Waals surface area contributed by atoms with Gasteiger partial charge in [0.2, 0.25) is 0 Å². The van der Waals surface area contributed by atoms with Crippen LogP contribution >= 0.6 is 0 Å². The molecule has 0 fully saturated rings. The number of aromatic nitrogens is 6. The lowest BCUT2D eigenvalue weighted by atomic mass is 9.60. The van der Waals surface area contributed by atoms with Crippen LogP contribution in [-0.2, 0) is 0 Å². The van der Waals surface area contributed by atoms with Crippen LogP contribution in [0.4, 0.5) is 5.69 Å². The van der Waals surface area contributed by atoms with Gasteiger partial charge in [0.15, 0.2) is 40.6 Å². The summed E-state index contributed by atoms with van der Waals surface area (Å²) >= 11 is 0. The number of nitriles is 1. The van der Waals surface area contributed by atoms with Crippen molar-refractivity contribution in [3.63, 3.8) is 0 Å². The Labute approximate surface area is 416 Å². The number of hydrogen-bond acceptors (Lipinski definition) is 7. The summed E-state index contributed by atoms with van der Waals surface area (Å²) in [7, 11) is 0. The van der Waals surface area contributed by atoms with E-state index < -0.39 is 0 Å². The Morgan fingerprint density at radius 1 is 0.319 bits per heavy atom. The third-order valence-electron chi connectivity index (χ3n) is 13.9. The standard InChI is InChI=1S/C64H38N8/c1-66-46-32-28-43(29-33-46)62-68-60(41-16-6-3-7-17-41)70-64(72-62)54-23-13-9-19-48(54)45-31-35-52-56(37-45)58-50-21-11-10-20-49(50)57(52)55-36-44(30-34-51(55)58)47-18-8-12-22-53(47)63-69-59(40-14-4-2-5-15-40)67-61(71-63)42-26-24-39(38-65)25-27-42/h2-37,57-58H. The maximum Gasteiger partial charge on any atom is 0.187 e. The second-order valence-corrected chi connectivity index (χ2v) is 18.0. The number of benzene rings is 9. The van der Waals surface area contributed by atoms with Gasteiger partial charge in [-0.3, -0.25) is 0 Å². The molecular weight excluding hydrogens is 881 g/mol. The highest BCUT2D eigenvalue weighted by atomic mass is 15.0. The van der Waals surface area contributed by atoms with Crippen LogP contribution in [0.25, 0.3) is 95.4 Å². The van der Waals surface area contributed by atoms with E-state index in [0.717, 1.165) is 55.6 Å². The molecule has 0 saturated carbocycles. The van der Waals surface area contributed by atoms with E-state index in [1.54, 1.807) is 24.3 Å². The molecule has 8 nitrogen and oxygen atoms in total. The Bertz CT molecular complexity index is 3740. The molecule has 8 heteroatoms. The molecule has 2 aromatic heterocycles. The lowest BCUT2D eigenvalue weighted by Crippen LogP contribution is -2.27. The van der Waals surface area contributed by atoms with Gasteiger partial charge < -0.3 is 0 Å². The average Bonchev–Trinajstić information content (AvgIpc) is 3.47. The fourth-order valence-corrected chi connectivity index (χ4v) is 10.5. The van der Waals surface area contributed by atoms with Crippen LogP contribution in [0.15, 0.2) is 218 Å². The Morgan fingerprint density at radius 2 is 0.653 bits per heavy atom. The zero-order valence-electron chi connectivity index (χ0n) is 38.5. The van der Waals surface area contributed by atoms with Gasteiger partial charge in [-0.2, -0.15) is 5.26 Å². The van der Waals surface area contributed by atoms with Crippen LogP contribution < -0.4 is 0 Å². The largest absolute Gasteiger partial charge is 0.238 e. The van der Waals surface area contributed by atoms with Gasteiger partial charge in [-0.05, 0) is 92.0 Å². The smallest absolute Gasteiger partial charge is 0.187 e. The summed E-state index contributed by atoms with van der Waals surface area (Å²) in [6, 6.07) is 76.5. The van der Waals surface area contributed by atoms with Gasteiger partial charge in [0, 0.05) is 45.2 Å². The maximum absolute atomic E-state index is 9.51. The molecule has 2 bridgehead atoms. The third kappa shape index (κ3) is 7.31. The summed E-state index contributed by atoms with van der Waals surface area (Å²) in [5.74, 6) is 3.42. The van der Waals surface area contributed by atoms with Gasteiger partial charge in [0.1, 0.15) is 0 Å². The molecule has 14 rings (SSSR count). The van der Waals surface area contributed by atoms with E-state index in [4.69, 9.17) is 36.5 Å². The van der Waals surface area contributed by atoms with E-state index >= 15 is 0 Å². The number of hydrogen-bond donors (Lipinski definition) is 0. The summed E-state index contributed by atoms with van der Waals surface area (Å²) < 4.78 is 0. The molecule has 0 N–H and O–H groups in total. The number of rotatable bonds is 8. The van der Waals surface area contributed by atoms with Gasteiger partial charge in [-0.15, -0.1) is 0 Å². The molecule has 2 unspecified atom stereocenters. The van der Waals surface area contributed by atoms with E-state index in [1.165, 1.54) is 33.4 Å². The average molecular weight is 919 g/mol. The first-order chi connectivity index (χ1) is 35.6. The first-order valence-electron chi connectivity index (χ1n) is 23.8. The Kier molecular flexibility index (Phi) is 10.2. The Hall–Kier alpha value is -10.0. The van der Waals surface area contributed by atoms with Crippen LogP contribution in [-0.4, -0.2) is 29.9 Å². The first-order valence-corrected chi connectivity index (χ1v) is 23.8. The zero-order valence-corrected chi connectivity index (χ0v) is 38.5. The van der Waals surface area contributed by atoms with Crippen molar-refractivity contribution in [3.05, 3.63) is 269 Å². The van der Waals surface area contributed by atoms with Crippen molar-refractivity contribution >= 4 is 5.69 Å². The van der Waals surface area contributed by atoms with E-state index in [-0.39, 0.29) is 11.8 Å². The predicted molar refractivity (Wildman–Crippen MR) is 282 cm³/mol. The highest BCUT2D eigenvalue weighted by molar-refractivity contribution is 5.86. The van der Waals surface area contributed by atoms with Gasteiger partial charge in [-0.25, -0.2) is 34.7 Å². The lowest BCUT2D eigenvalue weighted by Gasteiger charge is -2.42. The van der Waals surface area contributed by atoms with Crippen LogP contribution in [0.1, 0.15) is 50.8 Å². The molecular formula is C64H38N8. The van der Waals surface area contributed by atoms with Gasteiger partial charge >= 0.3 is 0 Å². The van der Waals surface area contributed by atoms with E-state index in [2.05, 4.69) is 108 Å². The molecule has 0 saturated heterocycles. The highest BCUT2D eigenvalue weighted by Gasteiger charge is 2.41. The van der Waals surface area contributed by atoms with E-state index in [9.17, 15) is 5.26 Å². The summed E-state index contributed by atoms with van der Waals surface area (Å²) in [4.78, 5) is 33.9. The molecule has 2 atom stereocenters. The minimum absolute atomic E-state index is 0.0196. The minimum atomic E-state index is 0.0196. The topological polar surface area (TPSA) is 105 Å². The first kappa shape index (κ1) is 42.1. The fourth-order valence-electron chi connectivity index (χ4n) is 10.5. The molecule has 0 spiro atoms. The quantitative estimate of drug-likeness (QED) is 0.140. The molecule has 2 heterocycles. The maximum atomic E-state index is 9.51. The molecule has 9 aromatic carbocycles. The van der Waals surface area contributed by atoms with Crippen LogP contribution in [0.3, 0.4) is 0 Å². The van der Waals surface area contributed by atoms with E-state index in [0.29, 0.717) is 46.2 Å². The Morgan fingerprint density at radius 3 is 1.07 bits per heavy atom. The molecule has 72 heavy (non-hydrogen) atoms. The van der Waals surface area contributed by atoms with Crippen molar-refractivity contribution in [1.82, 2.24) is 29.9 Å². The molecule has 0 radical (unpaired) electrons. The van der Waals surface area contributed by atoms with Gasteiger partial charge in [0.05, 0.1) is 18.2 Å². The monoisotopic (exact) mass is 918 g/mol. The highest BCUT2D eigenvalue weighted by Crippen LogP contribution is 2.57. The summed E-state index contributed by atoms with van der Waals surface area (Å²) in [5.41, 5.74) is 18.4. The fraction of sp³-hybridized carbons (Fsp3) is 0.0312. The lowest BCUT2D eigenvalue weighted by molar-refractivity contribution is 0.755. The van der Waals surface area contributed by atoms with Crippen molar-refractivity contribution in [2.24, 2.45) is 0 Å². The van der Waals surface area contributed by atoms with Crippen LogP contribution in [0.2, 0.25) is 0 Å². The summed E-state index contributed by atoms with van der Waals surface area (Å²) in [6.45, 7) is 7.48. The van der Waals surface area contributed by atoms with Crippen molar-refractivity contribution < 1.29 is 0 Å². The molecule has 3 aliphatic rings. The Balaban J connectivity index is 0.911. The van der Waals surface area contributed by atoms with Crippen molar-refractivity contribution in [3.8, 4) is 96.7 Å². The zero-order chi connectivity index (χ0) is 48.1. The van der Waals surface area contributed by atoms with Crippen molar-refractivity contribution in [2.75, 3.05) is 0 Å². The van der Waals surface area contributed by atoms with Crippen LogP contribution in [0, 0.1) is 17.9 Å². The second-order valence-electron chi connectivity index (χ2n) is 18.0. The minimum Gasteiger partial charge on any atom is -0.238 e.